The molecule has 2 heteroatoms. The van der Waals surface area contributed by atoms with Crippen LogP contribution in [-0.4, -0.2) is 0 Å². The van der Waals surface area contributed by atoms with Gasteiger partial charge in [-0.25, -0.2) is 0 Å². The number of aryl methyl sites for hydroxylation is 1. The standard InChI is InChI=1S/C15H20N2/c1-9-6-7-13-14(9)8-11-4-3-5-12(11)15(13)17-10(2)16/h8-9,17H,2-7,16H2,1H3. The van der Waals surface area contributed by atoms with Crippen LogP contribution in [0.4, 0.5) is 5.69 Å². The molecular weight excluding hydrogens is 208 g/mol. The summed E-state index contributed by atoms with van der Waals surface area (Å²) in [4.78, 5) is 0. The molecule has 2 aliphatic rings. The molecule has 0 heterocycles. The minimum Gasteiger partial charge on any atom is -0.386 e. The minimum absolute atomic E-state index is 0.562. The second kappa shape index (κ2) is 3.80. The Morgan fingerprint density at radius 1 is 1.35 bits per heavy atom. The molecule has 0 aromatic heterocycles. The van der Waals surface area contributed by atoms with Crippen molar-refractivity contribution in [2.24, 2.45) is 5.73 Å². The Morgan fingerprint density at radius 3 is 2.94 bits per heavy atom. The second-order valence-corrected chi connectivity index (χ2v) is 5.40. The number of fused-ring (bicyclic) bond motifs is 2. The molecular formula is C15H20N2. The summed E-state index contributed by atoms with van der Waals surface area (Å²) in [5.41, 5.74) is 13.1. The number of hydrogen-bond donors (Lipinski definition) is 2. The lowest BCUT2D eigenvalue weighted by molar-refractivity contribution is 0.746. The molecule has 2 nitrogen and oxygen atoms in total. The summed E-state index contributed by atoms with van der Waals surface area (Å²) in [5.74, 6) is 1.26. The number of anilines is 1. The quantitative estimate of drug-likeness (QED) is 0.816. The monoisotopic (exact) mass is 228 g/mol. The van der Waals surface area contributed by atoms with Crippen LogP contribution >= 0.6 is 0 Å². The molecule has 0 amide bonds. The van der Waals surface area contributed by atoms with Crippen LogP contribution in [-0.2, 0) is 19.3 Å². The molecule has 1 aromatic carbocycles. The van der Waals surface area contributed by atoms with Gasteiger partial charge in [0.1, 0.15) is 0 Å². The van der Waals surface area contributed by atoms with E-state index in [2.05, 4.69) is 24.9 Å². The van der Waals surface area contributed by atoms with Crippen LogP contribution < -0.4 is 11.1 Å². The number of rotatable bonds is 2. The summed E-state index contributed by atoms with van der Waals surface area (Å²) in [7, 11) is 0. The Morgan fingerprint density at radius 2 is 2.18 bits per heavy atom. The van der Waals surface area contributed by atoms with Crippen molar-refractivity contribution >= 4 is 5.69 Å². The molecule has 0 aliphatic heterocycles. The van der Waals surface area contributed by atoms with Crippen LogP contribution in [0.25, 0.3) is 0 Å². The van der Waals surface area contributed by atoms with E-state index in [-0.39, 0.29) is 0 Å². The third kappa shape index (κ3) is 1.63. The normalized spacial score (nSPS) is 21.1. The summed E-state index contributed by atoms with van der Waals surface area (Å²) < 4.78 is 0. The van der Waals surface area contributed by atoms with Gasteiger partial charge in [0.05, 0.1) is 5.82 Å². The van der Waals surface area contributed by atoms with Crippen molar-refractivity contribution in [2.45, 2.75) is 44.9 Å². The largest absolute Gasteiger partial charge is 0.386 e. The molecule has 3 N–H and O–H groups in total. The molecule has 1 atom stereocenters. The van der Waals surface area contributed by atoms with Crippen LogP contribution in [0.15, 0.2) is 18.5 Å². The Labute approximate surface area is 103 Å². The molecule has 0 saturated carbocycles. The van der Waals surface area contributed by atoms with Gasteiger partial charge >= 0.3 is 0 Å². The SMILES string of the molecule is C=C(N)Nc1c2c(cc3c1CCC3C)CCC2. The van der Waals surface area contributed by atoms with Crippen molar-refractivity contribution in [3.63, 3.8) is 0 Å². The van der Waals surface area contributed by atoms with Crippen LogP contribution in [0.5, 0.6) is 0 Å². The van der Waals surface area contributed by atoms with E-state index in [1.165, 1.54) is 60.0 Å². The smallest absolute Gasteiger partial charge is 0.0930 e. The van der Waals surface area contributed by atoms with Crippen molar-refractivity contribution in [3.05, 3.63) is 40.7 Å². The zero-order valence-corrected chi connectivity index (χ0v) is 10.5. The van der Waals surface area contributed by atoms with Crippen molar-refractivity contribution < 1.29 is 0 Å². The number of hydrogen-bond acceptors (Lipinski definition) is 2. The summed E-state index contributed by atoms with van der Waals surface area (Å²) in [6.07, 6.45) is 6.13. The van der Waals surface area contributed by atoms with Gasteiger partial charge in [-0.15, -0.1) is 0 Å². The average Bonchev–Trinajstić information content (AvgIpc) is 2.86. The van der Waals surface area contributed by atoms with Gasteiger partial charge in [0.15, 0.2) is 0 Å². The summed E-state index contributed by atoms with van der Waals surface area (Å²) in [6.45, 7) is 6.11. The van der Waals surface area contributed by atoms with Crippen LogP contribution in [0.1, 0.15) is 47.9 Å². The highest BCUT2D eigenvalue weighted by Gasteiger charge is 2.27. The van der Waals surface area contributed by atoms with Gasteiger partial charge in [-0.1, -0.05) is 19.6 Å². The number of nitrogens with two attached hydrogens (primary N) is 1. The van der Waals surface area contributed by atoms with Crippen molar-refractivity contribution in [1.29, 1.82) is 0 Å². The van der Waals surface area contributed by atoms with E-state index in [0.717, 1.165) is 0 Å². The Balaban J connectivity index is 2.17. The topological polar surface area (TPSA) is 38.0 Å². The fourth-order valence-corrected chi connectivity index (χ4v) is 3.35. The molecule has 2 aliphatic carbocycles. The third-order valence-corrected chi connectivity index (χ3v) is 4.19. The fraction of sp³-hybridized carbons (Fsp3) is 0.467. The van der Waals surface area contributed by atoms with Gasteiger partial charge in [0, 0.05) is 5.69 Å². The number of nitrogens with one attached hydrogen (secondary N) is 1. The van der Waals surface area contributed by atoms with E-state index in [0.29, 0.717) is 11.7 Å². The van der Waals surface area contributed by atoms with Gasteiger partial charge in [0.25, 0.3) is 0 Å². The molecule has 17 heavy (non-hydrogen) atoms. The van der Waals surface area contributed by atoms with Gasteiger partial charge < -0.3 is 11.1 Å². The lowest BCUT2D eigenvalue weighted by Gasteiger charge is -2.17. The molecule has 1 unspecified atom stereocenters. The molecule has 90 valence electrons. The zero-order valence-electron chi connectivity index (χ0n) is 10.5. The first kappa shape index (κ1) is 10.7. The van der Waals surface area contributed by atoms with Crippen LogP contribution in [0.3, 0.4) is 0 Å². The van der Waals surface area contributed by atoms with Crippen molar-refractivity contribution in [1.82, 2.24) is 0 Å². The minimum atomic E-state index is 0.562. The predicted octanol–water partition coefficient (Wildman–Crippen LogP) is 3.07. The molecule has 0 saturated heterocycles. The van der Waals surface area contributed by atoms with E-state index in [1.807, 2.05) is 0 Å². The van der Waals surface area contributed by atoms with Crippen molar-refractivity contribution in [2.75, 3.05) is 5.32 Å². The van der Waals surface area contributed by atoms with E-state index < -0.39 is 0 Å². The molecule has 1 aromatic rings. The maximum absolute atomic E-state index is 5.74. The third-order valence-electron chi connectivity index (χ3n) is 4.19. The van der Waals surface area contributed by atoms with Gasteiger partial charge in [-0.05, 0) is 60.3 Å². The fourth-order valence-electron chi connectivity index (χ4n) is 3.35. The molecule has 0 radical (unpaired) electrons. The zero-order chi connectivity index (χ0) is 12.0. The van der Waals surface area contributed by atoms with Gasteiger partial charge in [-0.3, -0.25) is 0 Å². The first-order valence-electron chi connectivity index (χ1n) is 6.55. The summed E-state index contributed by atoms with van der Waals surface area (Å²) >= 11 is 0. The second-order valence-electron chi connectivity index (χ2n) is 5.40. The number of benzene rings is 1. The van der Waals surface area contributed by atoms with Crippen LogP contribution in [0.2, 0.25) is 0 Å². The molecule has 3 rings (SSSR count). The highest BCUT2D eigenvalue weighted by Crippen LogP contribution is 2.43. The molecule has 0 bridgehead atoms. The lowest BCUT2D eigenvalue weighted by Crippen LogP contribution is -2.11. The Kier molecular flexibility index (Phi) is 2.39. The Hall–Kier alpha value is -1.44. The maximum atomic E-state index is 5.74. The summed E-state index contributed by atoms with van der Waals surface area (Å²) in [5, 5.41) is 3.31. The molecule has 0 spiro atoms. The van der Waals surface area contributed by atoms with E-state index >= 15 is 0 Å². The average molecular weight is 228 g/mol. The lowest BCUT2D eigenvalue weighted by atomic mass is 9.96. The predicted molar refractivity (Wildman–Crippen MR) is 72.2 cm³/mol. The highest BCUT2D eigenvalue weighted by atomic mass is 15.0. The van der Waals surface area contributed by atoms with Crippen LogP contribution in [0, 0.1) is 0 Å². The first-order chi connectivity index (χ1) is 8.16. The van der Waals surface area contributed by atoms with E-state index in [1.54, 1.807) is 0 Å². The summed E-state index contributed by atoms with van der Waals surface area (Å²) in [6, 6.07) is 2.44. The Bertz CT molecular complexity index is 488. The highest BCUT2D eigenvalue weighted by molar-refractivity contribution is 5.68. The van der Waals surface area contributed by atoms with Gasteiger partial charge in [0.2, 0.25) is 0 Å². The maximum Gasteiger partial charge on any atom is 0.0930 e. The first-order valence-corrected chi connectivity index (χ1v) is 6.55. The van der Waals surface area contributed by atoms with Crippen molar-refractivity contribution in [3.8, 4) is 0 Å². The van der Waals surface area contributed by atoms with Gasteiger partial charge in [-0.2, -0.15) is 0 Å². The van der Waals surface area contributed by atoms with E-state index in [4.69, 9.17) is 5.73 Å². The van der Waals surface area contributed by atoms with E-state index in [9.17, 15) is 0 Å². The molecule has 0 fully saturated rings.